The van der Waals surface area contributed by atoms with Gasteiger partial charge in [-0.05, 0) is 49.9 Å². The summed E-state index contributed by atoms with van der Waals surface area (Å²) in [7, 11) is 2.24. The first-order valence-electron chi connectivity index (χ1n) is 7.46. The average Bonchev–Trinajstić information content (AvgIpc) is 2.45. The Morgan fingerprint density at radius 3 is 2.79 bits per heavy atom. The molecule has 2 rings (SSSR count). The summed E-state index contributed by atoms with van der Waals surface area (Å²) in [6.07, 6.45) is 10.00. The van der Waals surface area contributed by atoms with Gasteiger partial charge >= 0.3 is 0 Å². The van der Waals surface area contributed by atoms with Crippen LogP contribution in [0.25, 0.3) is 0 Å². The van der Waals surface area contributed by atoms with E-state index in [0.29, 0.717) is 0 Å². The lowest BCUT2D eigenvalue weighted by Crippen LogP contribution is -2.55. The fraction of sp³-hybridized carbons (Fsp3) is 0.688. The summed E-state index contributed by atoms with van der Waals surface area (Å²) in [6, 6.07) is 4.21. The molecule has 1 aliphatic carbocycles. The molecule has 0 amide bonds. The molecule has 1 heterocycles. The van der Waals surface area contributed by atoms with E-state index < -0.39 is 0 Å². The molecule has 0 saturated heterocycles. The zero-order valence-electron chi connectivity index (χ0n) is 12.3. The van der Waals surface area contributed by atoms with Gasteiger partial charge in [0.05, 0.1) is 0 Å². The Hall–Kier alpha value is -0.930. The Morgan fingerprint density at radius 2 is 2.16 bits per heavy atom. The van der Waals surface area contributed by atoms with Gasteiger partial charge in [-0.15, -0.1) is 0 Å². The lowest BCUT2D eigenvalue weighted by Gasteiger charge is -2.46. The van der Waals surface area contributed by atoms with Crippen LogP contribution in [0.1, 0.15) is 38.2 Å². The third kappa shape index (κ3) is 3.54. The molecule has 2 atom stereocenters. The number of rotatable bonds is 5. The molecule has 1 aliphatic rings. The van der Waals surface area contributed by atoms with E-state index in [0.717, 1.165) is 25.4 Å². The van der Waals surface area contributed by atoms with Crippen molar-refractivity contribution in [2.75, 3.05) is 20.1 Å². The highest BCUT2D eigenvalue weighted by atomic mass is 15.2. The van der Waals surface area contributed by atoms with Gasteiger partial charge < -0.3 is 5.73 Å². The predicted octanol–water partition coefficient (Wildman–Crippen LogP) is 2.46. The molecule has 19 heavy (non-hydrogen) atoms. The molecule has 0 aliphatic heterocycles. The standard InChI is InChI=1S/C16H27N3/c1-14-4-3-8-16(12-14,13-17)19(2)11-7-15-5-9-18-10-6-15/h5-6,9-10,14H,3-4,7-8,11-13,17H2,1-2H3. The van der Waals surface area contributed by atoms with Gasteiger partial charge in [0.25, 0.3) is 0 Å². The normalized spacial score (nSPS) is 27.7. The third-order valence-electron chi connectivity index (χ3n) is 4.74. The van der Waals surface area contributed by atoms with Crippen molar-refractivity contribution in [1.29, 1.82) is 0 Å². The highest BCUT2D eigenvalue weighted by Gasteiger charge is 2.36. The molecule has 2 N–H and O–H groups in total. The summed E-state index contributed by atoms with van der Waals surface area (Å²) < 4.78 is 0. The van der Waals surface area contributed by atoms with Gasteiger partial charge in [0, 0.05) is 31.0 Å². The van der Waals surface area contributed by atoms with Gasteiger partial charge in [-0.3, -0.25) is 9.88 Å². The Bertz CT molecular complexity index is 379. The molecule has 1 saturated carbocycles. The molecule has 1 aromatic heterocycles. The Morgan fingerprint density at radius 1 is 1.42 bits per heavy atom. The summed E-state index contributed by atoms with van der Waals surface area (Å²) in [5, 5.41) is 0. The van der Waals surface area contributed by atoms with E-state index in [1.165, 1.54) is 31.2 Å². The molecular formula is C16H27N3. The molecule has 0 aromatic carbocycles. The van der Waals surface area contributed by atoms with Crippen molar-refractivity contribution >= 4 is 0 Å². The van der Waals surface area contributed by atoms with Crippen LogP contribution in [0.5, 0.6) is 0 Å². The lowest BCUT2D eigenvalue weighted by atomic mass is 9.75. The Labute approximate surface area is 117 Å². The van der Waals surface area contributed by atoms with Gasteiger partial charge in [-0.25, -0.2) is 0 Å². The number of likely N-dealkylation sites (N-methyl/N-ethyl adjacent to an activating group) is 1. The van der Waals surface area contributed by atoms with Crippen LogP contribution in [0, 0.1) is 5.92 Å². The van der Waals surface area contributed by atoms with Crippen LogP contribution >= 0.6 is 0 Å². The number of aromatic nitrogens is 1. The van der Waals surface area contributed by atoms with Crippen LogP contribution in [0.4, 0.5) is 0 Å². The molecule has 0 spiro atoms. The Kier molecular flexibility index (Phi) is 4.94. The number of hydrogen-bond donors (Lipinski definition) is 1. The number of nitrogens with zero attached hydrogens (tertiary/aromatic N) is 2. The second-order valence-corrected chi connectivity index (χ2v) is 6.16. The highest BCUT2D eigenvalue weighted by molar-refractivity contribution is 5.10. The van der Waals surface area contributed by atoms with Gasteiger partial charge in [-0.1, -0.05) is 19.8 Å². The van der Waals surface area contributed by atoms with Crippen molar-refractivity contribution < 1.29 is 0 Å². The zero-order valence-corrected chi connectivity index (χ0v) is 12.3. The first-order chi connectivity index (χ1) is 9.16. The van der Waals surface area contributed by atoms with Gasteiger partial charge in [0.15, 0.2) is 0 Å². The number of nitrogens with two attached hydrogens (primary N) is 1. The monoisotopic (exact) mass is 261 g/mol. The average molecular weight is 261 g/mol. The molecule has 1 aromatic rings. The van der Waals surface area contributed by atoms with E-state index in [-0.39, 0.29) is 5.54 Å². The fourth-order valence-electron chi connectivity index (χ4n) is 3.40. The summed E-state index contributed by atoms with van der Waals surface area (Å²) in [4.78, 5) is 6.57. The minimum atomic E-state index is 0.227. The Balaban J connectivity index is 1.95. The van der Waals surface area contributed by atoms with Gasteiger partial charge in [0.1, 0.15) is 0 Å². The maximum absolute atomic E-state index is 6.12. The minimum Gasteiger partial charge on any atom is -0.329 e. The topological polar surface area (TPSA) is 42.1 Å². The van der Waals surface area contributed by atoms with Crippen molar-refractivity contribution in [3.05, 3.63) is 30.1 Å². The molecule has 106 valence electrons. The quantitative estimate of drug-likeness (QED) is 0.885. The van der Waals surface area contributed by atoms with Crippen molar-refractivity contribution in [3.8, 4) is 0 Å². The molecule has 3 nitrogen and oxygen atoms in total. The van der Waals surface area contributed by atoms with E-state index in [4.69, 9.17) is 5.73 Å². The molecular weight excluding hydrogens is 234 g/mol. The van der Waals surface area contributed by atoms with Gasteiger partial charge in [-0.2, -0.15) is 0 Å². The number of hydrogen-bond acceptors (Lipinski definition) is 3. The molecule has 1 fully saturated rings. The first kappa shape index (κ1) is 14.5. The minimum absolute atomic E-state index is 0.227. The van der Waals surface area contributed by atoms with Crippen LogP contribution in [-0.2, 0) is 6.42 Å². The van der Waals surface area contributed by atoms with E-state index in [1.54, 1.807) is 0 Å². The largest absolute Gasteiger partial charge is 0.329 e. The smallest absolute Gasteiger partial charge is 0.0331 e. The van der Waals surface area contributed by atoms with Crippen molar-refractivity contribution in [2.45, 2.75) is 44.6 Å². The zero-order chi connectivity index (χ0) is 13.7. The summed E-state index contributed by atoms with van der Waals surface area (Å²) in [5.41, 5.74) is 7.70. The van der Waals surface area contributed by atoms with E-state index in [1.807, 2.05) is 12.4 Å². The van der Waals surface area contributed by atoms with E-state index in [9.17, 15) is 0 Å². The fourth-order valence-corrected chi connectivity index (χ4v) is 3.40. The third-order valence-corrected chi connectivity index (χ3v) is 4.74. The molecule has 3 heteroatoms. The van der Waals surface area contributed by atoms with Gasteiger partial charge in [0.2, 0.25) is 0 Å². The number of pyridine rings is 1. The van der Waals surface area contributed by atoms with Crippen molar-refractivity contribution in [2.24, 2.45) is 11.7 Å². The maximum Gasteiger partial charge on any atom is 0.0331 e. The summed E-state index contributed by atoms with van der Waals surface area (Å²) >= 11 is 0. The van der Waals surface area contributed by atoms with Crippen LogP contribution < -0.4 is 5.73 Å². The maximum atomic E-state index is 6.12. The lowest BCUT2D eigenvalue weighted by molar-refractivity contribution is 0.0626. The van der Waals surface area contributed by atoms with Crippen LogP contribution in [0.15, 0.2) is 24.5 Å². The van der Waals surface area contributed by atoms with E-state index in [2.05, 4.69) is 36.0 Å². The van der Waals surface area contributed by atoms with Crippen LogP contribution in [0.3, 0.4) is 0 Å². The van der Waals surface area contributed by atoms with E-state index >= 15 is 0 Å². The first-order valence-corrected chi connectivity index (χ1v) is 7.46. The SMILES string of the molecule is CC1CCCC(CN)(N(C)CCc2ccncc2)C1. The molecule has 2 unspecified atom stereocenters. The summed E-state index contributed by atoms with van der Waals surface area (Å²) in [6.45, 7) is 4.22. The molecule has 0 bridgehead atoms. The highest BCUT2D eigenvalue weighted by Crippen LogP contribution is 2.35. The second kappa shape index (κ2) is 6.49. The van der Waals surface area contributed by atoms with Crippen LogP contribution in [-0.4, -0.2) is 35.6 Å². The van der Waals surface area contributed by atoms with Crippen molar-refractivity contribution in [1.82, 2.24) is 9.88 Å². The predicted molar refractivity (Wildman–Crippen MR) is 80.0 cm³/mol. The second-order valence-electron chi connectivity index (χ2n) is 6.16. The van der Waals surface area contributed by atoms with Crippen LogP contribution in [0.2, 0.25) is 0 Å². The molecule has 0 radical (unpaired) electrons. The van der Waals surface area contributed by atoms with Crippen molar-refractivity contribution in [3.63, 3.8) is 0 Å². The summed E-state index contributed by atoms with van der Waals surface area (Å²) in [5.74, 6) is 0.806.